The van der Waals surface area contributed by atoms with Crippen LogP contribution in [0.15, 0.2) is 27.7 Å². The van der Waals surface area contributed by atoms with Crippen LogP contribution in [0.1, 0.15) is 5.56 Å². The fraction of sp³-hybridized carbons (Fsp3) is 0.111. The molecule has 0 radical (unpaired) electrons. The zero-order chi connectivity index (χ0) is 10.8. The minimum atomic E-state index is 0.470. The highest BCUT2D eigenvalue weighted by molar-refractivity contribution is 9.10. The molecule has 1 heterocycles. The summed E-state index contributed by atoms with van der Waals surface area (Å²) in [5.74, 6) is 0. The van der Waals surface area contributed by atoms with Gasteiger partial charge in [0.1, 0.15) is 0 Å². The predicted molar refractivity (Wildman–Crippen MR) is 69.1 cm³/mol. The quantitative estimate of drug-likeness (QED) is 0.724. The van der Waals surface area contributed by atoms with Crippen molar-refractivity contribution in [3.05, 3.63) is 38.1 Å². The lowest BCUT2D eigenvalue weighted by Gasteiger charge is -1.98. The van der Waals surface area contributed by atoms with Crippen molar-refractivity contribution in [2.75, 3.05) is 0 Å². The van der Waals surface area contributed by atoms with Crippen LogP contribution < -0.4 is 4.67 Å². The van der Waals surface area contributed by atoms with Crippen LogP contribution in [-0.4, -0.2) is 4.37 Å². The van der Waals surface area contributed by atoms with Gasteiger partial charge in [0.05, 0.1) is 5.69 Å². The van der Waals surface area contributed by atoms with Gasteiger partial charge in [-0.2, -0.15) is 4.37 Å². The molecular weight excluding hydrogens is 316 g/mol. The molecule has 0 aliphatic rings. The molecule has 1 aromatic heterocycles. The van der Waals surface area contributed by atoms with E-state index in [2.05, 4.69) is 25.3 Å². The Kier molecular flexibility index (Phi) is 3.56. The highest BCUT2D eigenvalue weighted by Crippen LogP contribution is 2.26. The Bertz CT molecular complexity index is 547. The van der Waals surface area contributed by atoms with E-state index in [1.807, 2.05) is 25.1 Å². The first kappa shape index (κ1) is 11.3. The fourth-order valence-corrected chi connectivity index (χ4v) is 3.60. The largest absolute Gasteiger partial charge is 0.233 e. The van der Waals surface area contributed by atoms with Crippen LogP contribution in [0.4, 0.5) is 5.69 Å². The molecule has 6 heteroatoms. The van der Waals surface area contributed by atoms with E-state index in [9.17, 15) is 0 Å². The summed E-state index contributed by atoms with van der Waals surface area (Å²) in [4.78, 5) is 4.43. The van der Waals surface area contributed by atoms with E-state index in [0.717, 1.165) is 14.8 Å². The smallest absolute Gasteiger partial charge is 0.179 e. The number of benzene rings is 1. The SMILES string of the molecule is Cc1ccc(N=c2ssnc2Cl)c(Br)c1. The fourth-order valence-electron chi connectivity index (χ4n) is 1.04. The number of hydrogen-bond donors (Lipinski definition) is 0. The van der Waals surface area contributed by atoms with Crippen LogP contribution in [-0.2, 0) is 0 Å². The van der Waals surface area contributed by atoms with Crippen molar-refractivity contribution in [3.63, 3.8) is 0 Å². The molecule has 2 aromatic rings. The van der Waals surface area contributed by atoms with Gasteiger partial charge in [-0.15, -0.1) is 0 Å². The number of aryl methyl sites for hydroxylation is 1. The third-order valence-electron chi connectivity index (χ3n) is 1.74. The molecule has 2 nitrogen and oxygen atoms in total. The number of rotatable bonds is 1. The van der Waals surface area contributed by atoms with E-state index in [1.165, 1.54) is 26.4 Å². The Morgan fingerprint density at radius 3 is 2.87 bits per heavy atom. The van der Waals surface area contributed by atoms with Crippen molar-refractivity contribution in [2.24, 2.45) is 4.99 Å². The van der Waals surface area contributed by atoms with Crippen molar-refractivity contribution < 1.29 is 0 Å². The van der Waals surface area contributed by atoms with E-state index >= 15 is 0 Å². The number of nitrogens with zero attached hydrogens (tertiary/aromatic N) is 2. The lowest BCUT2D eigenvalue weighted by atomic mass is 10.2. The Balaban J connectivity index is 2.53. The molecule has 15 heavy (non-hydrogen) atoms. The highest BCUT2D eigenvalue weighted by atomic mass is 79.9. The van der Waals surface area contributed by atoms with Crippen molar-refractivity contribution in [3.8, 4) is 0 Å². The summed E-state index contributed by atoms with van der Waals surface area (Å²) >= 11 is 9.34. The molecule has 0 spiro atoms. The summed E-state index contributed by atoms with van der Waals surface area (Å²) < 4.78 is 5.70. The highest BCUT2D eigenvalue weighted by Gasteiger charge is 2.00. The Morgan fingerprint density at radius 2 is 2.27 bits per heavy atom. The maximum Gasteiger partial charge on any atom is 0.179 e. The van der Waals surface area contributed by atoms with E-state index in [4.69, 9.17) is 11.6 Å². The van der Waals surface area contributed by atoms with Gasteiger partial charge in [0, 0.05) is 15.0 Å². The van der Waals surface area contributed by atoms with Crippen molar-refractivity contribution in [1.82, 2.24) is 4.37 Å². The standard InChI is InChI=1S/C9H6BrClN2S2/c1-5-2-3-7(6(10)4-5)12-9-8(11)13-15-14-9/h2-4H,1H3. The lowest BCUT2D eigenvalue weighted by molar-refractivity contribution is 1.34. The van der Waals surface area contributed by atoms with Gasteiger partial charge in [-0.3, -0.25) is 0 Å². The summed E-state index contributed by atoms with van der Waals surface area (Å²) in [5.41, 5.74) is 2.07. The topological polar surface area (TPSA) is 25.2 Å². The minimum absolute atomic E-state index is 0.470. The van der Waals surface area contributed by atoms with Gasteiger partial charge in [-0.1, -0.05) is 17.7 Å². The molecule has 0 N–H and O–H groups in total. The van der Waals surface area contributed by atoms with E-state index in [-0.39, 0.29) is 0 Å². The van der Waals surface area contributed by atoms with Gasteiger partial charge < -0.3 is 0 Å². The van der Waals surface area contributed by atoms with Crippen LogP contribution in [0.5, 0.6) is 0 Å². The normalized spacial score (nSPS) is 12.1. The first-order chi connectivity index (χ1) is 7.16. The zero-order valence-electron chi connectivity index (χ0n) is 7.70. The molecule has 78 valence electrons. The molecule has 0 amide bonds. The van der Waals surface area contributed by atoms with Gasteiger partial charge in [0.15, 0.2) is 9.82 Å². The molecule has 0 saturated carbocycles. The second-order valence-corrected chi connectivity index (χ2v) is 5.96. The van der Waals surface area contributed by atoms with Crippen LogP contribution >= 0.6 is 48.4 Å². The first-order valence-electron chi connectivity index (χ1n) is 4.09. The summed E-state index contributed by atoms with van der Waals surface area (Å²) in [7, 11) is 2.81. The Labute approximate surface area is 108 Å². The molecule has 0 bridgehead atoms. The minimum Gasteiger partial charge on any atom is -0.233 e. The molecule has 0 aliphatic carbocycles. The van der Waals surface area contributed by atoms with Crippen molar-refractivity contribution in [2.45, 2.75) is 6.92 Å². The van der Waals surface area contributed by atoms with E-state index < -0.39 is 0 Å². The molecule has 0 aliphatic heterocycles. The molecule has 0 atom stereocenters. The van der Waals surface area contributed by atoms with Gasteiger partial charge in [0.2, 0.25) is 0 Å². The summed E-state index contributed by atoms with van der Waals surface area (Å²) in [5, 5.41) is 0.470. The third kappa shape index (κ3) is 2.66. The molecule has 0 unspecified atom stereocenters. The number of aromatic nitrogens is 1. The predicted octanol–water partition coefficient (Wildman–Crippen LogP) is 4.16. The van der Waals surface area contributed by atoms with Crippen LogP contribution in [0, 0.1) is 6.92 Å². The monoisotopic (exact) mass is 320 g/mol. The van der Waals surface area contributed by atoms with Gasteiger partial charge in [0.25, 0.3) is 0 Å². The second kappa shape index (κ2) is 4.74. The maximum atomic E-state index is 5.87. The third-order valence-corrected chi connectivity index (χ3v) is 4.54. The van der Waals surface area contributed by atoms with Crippen molar-refractivity contribution >= 4 is 54.1 Å². The molecule has 1 aromatic carbocycles. The van der Waals surface area contributed by atoms with Crippen LogP contribution in [0.3, 0.4) is 0 Å². The first-order valence-corrected chi connectivity index (χ1v) is 7.37. The van der Waals surface area contributed by atoms with Gasteiger partial charge >= 0.3 is 0 Å². The Hall–Kier alpha value is -0.230. The molecule has 2 rings (SSSR count). The maximum absolute atomic E-state index is 5.87. The van der Waals surface area contributed by atoms with Gasteiger partial charge in [-0.25, -0.2) is 4.99 Å². The van der Waals surface area contributed by atoms with E-state index in [0.29, 0.717) is 5.15 Å². The second-order valence-electron chi connectivity index (χ2n) is 2.91. The average Bonchev–Trinajstić information content (AvgIpc) is 2.57. The van der Waals surface area contributed by atoms with Crippen LogP contribution in [0.25, 0.3) is 0 Å². The zero-order valence-corrected chi connectivity index (χ0v) is 11.7. The van der Waals surface area contributed by atoms with Gasteiger partial charge in [-0.05, 0) is 50.9 Å². The number of hydrogen-bond acceptors (Lipinski definition) is 4. The number of halogens is 2. The lowest BCUT2D eigenvalue weighted by Crippen LogP contribution is -1.92. The Morgan fingerprint density at radius 1 is 1.47 bits per heavy atom. The van der Waals surface area contributed by atoms with E-state index in [1.54, 1.807) is 0 Å². The molecule has 0 fully saturated rings. The van der Waals surface area contributed by atoms with Crippen molar-refractivity contribution in [1.29, 1.82) is 0 Å². The molecular formula is C9H6BrClN2S2. The summed E-state index contributed by atoms with van der Waals surface area (Å²) in [6.45, 7) is 2.04. The summed E-state index contributed by atoms with van der Waals surface area (Å²) in [6, 6.07) is 6.00. The summed E-state index contributed by atoms with van der Waals surface area (Å²) in [6.07, 6.45) is 0. The average molecular weight is 322 g/mol. The van der Waals surface area contributed by atoms with Crippen LogP contribution in [0.2, 0.25) is 5.15 Å². The molecule has 0 saturated heterocycles.